The van der Waals surface area contributed by atoms with Crippen molar-refractivity contribution in [2.75, 3.05) is 26.8 Å². The van der Waals surface area contributed by atoms with Crippen LogP contribution in [-0.2, 0) is 17.7 Å². The number of carbonyl (C=O) groups excluding carboxylic acids is 1. The molecule has 1 atom stereocenters. The highest BCUT2D eigenvalue weighted by atomic mass is 16.5. The lowest BCUT2D eigenvalue weighted by Crippen LogP contribution is -2.40. The third-order valence-corrected chi connectivity index (χ3v) is 4.38. The molecule has 5 nitrogen and oxygen atoms in total. The van der Waals surface area contributed by atoms with Gasteiger partial charge in [-0.1, -0.05) is 31.5 Å². The van der Waals surface area contributed by atoms with Gasteiger partial charge in [0.1, 0.15) is 0 Å². The highest BCUT2D eigenvalue weighted by molar-refractivity contribution is 5.69. The van der Waals surface area contributed by atoms with Gasteiger partial charge in [0, 0.05) is 19.7 Å². The summed E-state index contributed by atoms with van der Waals surface area (Å²) in [7, 11) is 1.45. The number of nitrogens with one attached hydrogen (secondary N) is 1. The highest BCUT2D eigenvalue weighted by Crippen LogP contribution is 2.34. The molecule has 0 saturated carbocycles. The predicted octanol–water partition coefficient (Wildman–Crippen LogP) is 2.62. The van der Waals surface area contributed by atoms with E-state index in [2.05, 4.69) is 30.4 Å². The number of hydrogen-bond donors (Lipinski definition) is 2. The quantitative estimate of drug-likeness (QED) is 0.758. The summed E-state index contributed by atoms with van der Waals surface area (Å²) in [4.78, 5) is 13.9. The third kappa shape index (κ3) is 4.45. The van der Waals surface area contributed by atoms with Crippen LogP contribution in [0.4, 0.5) is 4.79 Å². The molecule has 1 aromatic carbocycles. The average molecular weight is 320 g/mol. The van der Waals surface area contributed by atoms with Crippen molar-refractivity contribution in [2.24, 2.45) is 0 Å². The predicted molar refractivity (Wildman–Crippen MR) is 90.3 cm³/mol. The van der Waals surface area contributed by atoms with Crippen LogP contribution in [0.3, 0.4) is 0 Å². The Balaban J connectivity index is 2.12. The molecule has 5 heteroatoms. The fraction of sp³-hybridized carbons (Fsp3) is 0.611. The second-order valence-corrected chi connectivity index (χ2v) is 6.01. The van der Waals surface area contributed by atoms with Crippen molar-refractivity contribution in [1.82, 2.24) is 10.2 Å². The number of ether oxygens (including phenoxy) is 1. The number of methoxy groups -OCH3 is 1. The Kier molecular flexibility index (Phi) is 6.86. The Bertz CT molecular complexity index is 519. The van der Waals surface area contributed by atoms with Crippen LogP contribution in [0.25, 0.3) is 0 Å². The smallest absolute Gasteiger partial charge is 0.410 e. The van der Waals surface area contributed by atoms with Crippen molar-refractivity contribution in [1.29, 1.82) is 0 Å². The summed E-state index contributed by atoms with van der Waals surface area (Å²) in [5.74, 6) is 0. The van der Waals surface area contributed by atoms with Gasteiger partial charge in [-0.3, -0.25) is 0 Å². The second-order valence-electron chi connectivity index (χ2n) is 6.01. The van der Waals surface area contributed by atoms with E-state index < -0.39 is 0 Å². The Morgan fingerprint density at radius 2 is 2.30 bits per heavy atom. The van der Waals surface area contributed by atoms with Crippen molar-refractivity contribution >= 4 is 6.09 Å². The second kappa shape index (κ2) is 8.89. The van der Waals surface area contributed by atoms with Crippen LogP contribution in [0, 0.1) is 0 Å². The molecule has 2 rings (SSSR count). The standard InChI is InChI=1S/C18H28N2O3/c1-3-5-17-16-7-6-14(13-19-9-4-11-21)12-15(16)8-10-20(17)18(22)23-2/h6-7,12,17,19,21H,3-5,8-11,13H2,1-2H3. The van der Waals surface area contributed by atoms with Gasteiger partial charge in [-0.05, 0) is 42.5 Å². The lowest BCUT2D eigenvalue weighted by atomic mass is 9.89. The number of carbonyl (C=O) groups is 1. The molecule has 1 aliphatic heterocycles. The summed E-state index contributed by atoms with van der Waals surface area (Å²) in [6.07, 6.45) is 3.40. The van der Waals surface area contributed by atoms with Crippen LogP contribution >= 0.6 is 0 Å². The molecule has 0 aromatic heterocycles. The molecule has 1 unspecified atom stereocenters. The summed E-state index contributed by atoms with van der Waals surface area (Å²) < 4.78 is 4.94. The Hall–Kier alpha value is -1.59. The van der Waals surface area contributed by atoms with Crippen molar-refractivity contribution < 1.29 is 14.6 Å². The lowest BCUT2D eigenvalue weighted by molar-refractivity contribution is 0.0981. The molecule has 1 aliphatic rings. The van der Waals surface area contributed by atoms with Crippen LogP contribution < -0.4 is 5.32 Å². The van der Waals surface area contributed by atoms with Crippen molar-refractivity contribution in [3.63, 3.8) is 0 Å². The molecule has 0 bridgehead atoms. The number of amides is 1. The zero-order valence-electron chi connectivity index (χ0n) is 14.2. The van der Waals surface area contributed by atoms with Gasteiger partial charge in [0.2, 0.25) is 0 Å². The molecule has 0 saturated heterocycles. The molecule has 0 aliphatic carbocycles. The maximum Gasteiger partial charge on any atom is 0.410 e. The molecule has 1 amide bonds. The van der Waals surface area contributed by atoms with Gasteiger partial charge in [0.25, 0.3) is 0 Å². The van der Waals surface area contributed by atoms with Crippen LogP contribution in [0.5, 0.6) is 0 Å². The summed E-state index contributed by atoms with van der Waals surface area (Å²) in [6, 6.07) is 6.66. The largest absolute Gasteiger partial charge is 0.453 e. The van der Waals surface area contributed by atoms with Gasteiger partial charge in [0.05, 0.1) is 13.2 Å². The number of fused-ring (bicyclic) bond motifs is 1. The molecule has 1 aromatic rings. The average Bonchev–Trinajstić information content (AvgIpc) is 2.58. The van der Waals surface area contributed by atoms with E-state index in [1.54, 1.807) is 0 Å². The summed E-state index contributed by atoms with van der Waals surface area (Å²) in [5, 5.41) is 12.1. The first-order valence-electron chi connectivity index (χ1n) is 8.49. The van der Waals surface area contributed by atoms with Gasteiger partial charge in [0.15, 0.2) is 0 Å². The van der Waals surface area contributed by atoms with Crippen LogP contribution in [0.15, 0.2) is 18.2 Å². The van der Waals surface area contributed by atoms with Gasteiger partial charge in [-0.15, -0.1) is 0 Å². The van der Waals surface area contributed by atoms with Gasteiger partial charge in [-0.25, -0.2) is 4.79 Å². The number of aliphatic hydroxyl groups excluding tert-OH is 1. The number of rotatable bonds is 7. The van der Waals surface area contributed by atoms with E-state index in [0.717, 1.165) is 38.8 Å². The molecular weight excluding hydrogens is 292 g/mol. The zero-order valence-corrected chi connectivity index (χ0v) is 14.2. The number of hydrogen-bond acceptors (Lipinski definition) is 4. The Morgan fingerprint density at radius 1 is 1.48 bits per heavy atom. The Labute approximate surface area is 138 Å². The number of benzene rings is 1. The van der Waals surface area contributed by atoms with E-state index >= 15 is 0 Å². The fourth-order valence-corrected chi connectivity index (χ4v) is 3.23. The summed E-state index contributed by atoms with van der Waals surface area (Å²) in [6.45, 7) is 4.71. The van der Waals surface area contributed by atoms with Crippen molar-refractivity contribution in [3.8, 4) is 0 Å². The van der Waals surface area contributed by atoms with Crippen molar-refractivity contribution in [2.45, 2.75) is 45.2 Å². The molecule has 1 heterocycles. The minimum Gasteiger partial charge on any atom is -0.453 e. The van der Waals surface area contributed by atoms with E-state index in [1.807, 2.05) is 4.90 Å². The monoisotopic (exact) mass is 320 g/mol. The maximum absolute atomic E-state index is 12.0. The SMILES string of the molecule is CCCC1c2ccc(CNCCCO)cc2CCN1C(=O)OC. The summed E-state index contributed by atoms with van der Waals surface area (Å²) in [5.41, 5.74) is 3.84. The minimum absolute atomic E-state index is 0.118. The van der Waals surface area contributed by atoms with Crippen LogP contribution in [0.2, 0.25) is 0 Å². The van der Waals surface area contributed by atoms with Crippen LogP contribution in [0.1, 0.15) is 48.9 Å². The van der Waals surface area contributed by atoms with Gasteiger partial charge in [-0.2, -0.15) is 0 Å². The first-order chi connectivity index (χ1) is 11.2. The molecule has 23 heavy (non-hydrogen) atoms. The first-order valence-corrected chi connectivity index (χ1v) is 8.49. The molecule has 128 valence electrons. The van der Waals surface area contributed by atoms with Crippen molar-refractivity contribution in [3.05, 3.63) is 34.9 Å². The zero-order chi connectivity index (χ0) is 16.7. The number of nitrogens with zero attached hydrogens (tertiary/aromatic N) is 1. The lowest BCUT2D eigenvalue weighted by Gasteiger charge is -2.36. The number of aliphatic hydroxyl groups is 1. The van der Waals surface area contributed by atoms with Gasteiger partial charge >= 0.3 is 6.09 Å². The molecule has 0 fully saturated rings. The first kappa shape index (κ1) is 17.8. The van der Waals surface area contributed by atoms with E-state index in [-0.39, 0.29) is 18.7 Å². The molecular formula is C18H28N2O3. The summed E-state index contributed by atoms with van der Waals surface area (Å²) >= 11 is 0. The highest BCUT2D eigenvalue weighted by Gasteiger charge is 2.30. The van der Waals surface area contributed by atoms with Crippen LogP contribution in [-0.4, -0.2) is 42.9 Å². The fourth-order valence-electron chi connectivity index (χ4n) is 3.23. The molecule has 0 radical (unpaired) electrons. The van der Waals surface area contributed by atoms with Gasteiger partial charge < -0.3 is 20.1 Å². The topological polar surface area (TPSA) is 61.8 Å². The van der Waals surface area contributed by atoms with E-state index in [1.165, 1.54) is 23.8 Å². The Morgan fingerprint density at radius 3 is 3.00 bits per heavy atom. The maximum atomic E-state index is 12.0. The van der Waals surface area contributed by atoms with E-state index in [0.29, 0.717) is 6.54 Å². The molecule has 0 spiro atoms. The normalized spacial score (nSPS) is 17.0. The van der Waals surface area contributed by atoms with E-state index in [4.69, 9.17) is 9.84 Å². The third-order valence-electron chi connectivity index (χ3n) is 4.38. The van der Waals surface area contributed by atoms with E-state index in [9.17, 15) is 4.79 Å². The minimum atomic E-state index is -0.233. The molecule has 2 N–H and O–H groups in total.